The zero-order chi connectivity index (χ0) is 17.5. The minimum absolute atomic E-state index is 0.00972. The van der Waals surface area contributed by atoms with Gasteiger partial charge in [0, 0.05) is 24.9 Å². The quantitative estimate of drug-likeness (QED) is 0.755. The summed E-state index contributed by atoms with van der Waals surface area (Å²) < 4.78 is 0. The molecule has 0 atom stereocenters. The van der Waals surface area contributed by atoms with E-state index in [4.69, 9.17) is 0 Å². The molecule has 0 radical (unpaired) electrons. The number of allylic oxidation sites excluding steroid dienone is 1. The van der Waals surface area contributed by atoms with Gasteiger partial charge in [-0.3, -0.25) is 9.78 Å². The van der Waals surface area contributed by atoms with E-state index in [1.807, 2.05) is 31.3 Å². The molecule has 0 unspecified atom stereocenters. The van der Waals surface area contributed by atoms with Crippen molar-refractivity contribution in [3.63, 3.8) is 0 Å². The Morgan fingerprint density at radius 3 is 2.92 bits per heavy atom. The molecule has 2 aromatic heterocycles. The second kappa shape index (κ2) is 8.90. The fourth-order valence-corrected chi connectivity index (χ4v) is 4.08. The molecule has 4 nitrogen and oxygen atoms in total. The zero-order valence-electron chi connectivity index (χ0n) is 14.8. The minimum Gasteiger partial charge on any atom is -0.351 e. The highest BCUT2D eigenvalue weighted by Crippen LogP contribution is 2.21. The largest absolute Gasteiger partial charge is 0.351 e. The summed E-state index contributed by atoms with van der Waals surface area (Å²) in [5.41, 5.74) is 3.38. The summed E-state index contributed by atoms with van der Waals surface area (Å²) in [4.78, 5) is 22.1. The van der Waals surface area contributed by atoms with Crippen LogP contribution in [0.1, 0.15) is 58.2 Å². The summed E-state index contributed by atoms with van der Waals surface area (Å²) in [5.74, 6) is 0.00972. The fourth-order valence-electron chi connectivity index (χ4n) is 3.10. The standard InChI is InChI=1S/C20H25N3OS/c1-15-19(20(24)22-14-12-16-7-3-2-4-8-16)25-18(23-15)11-10-17-9-5-6-13-21-17/h5-7,9,13H,2-4,8,10-12,14H2,1H3,(H,22,24). The van der Waals surface area contributed by atoms with Crippen LogP contribution in [0.25, 0.3) is 0 Å². The van der Waals surface area contributed by atoms with Gasteiger partial charge in [0.15, 0.2) is 0 Å². The Kier molecular flexibility index (Phi) is 6.34. The lowest BCUT2D eigenvalue weighted by Crippen LogP contribution is -2.24. The predicted molar refractivity (Wildman–Crippen MR) is 102 cm³/mol. The Balaban J connectivity index is 1.50. The number of carbonyl (C=O) groups excluding carboxylic acids is 1. The number of hydrogen-bond acceptors (Lipinski definition) is 4. The van der Waals surface area contributed by atoms with E-state index in [-0.39, 0.29) is 5.91 Å². The maximum Gasteiger partial charge on any atom is 0.263 e. The number of nitrogens with zero attached hydrogens (tertiary/aromatic N) is 2. The number of thiazole rings is 1. The molecule has 0 saturated heterocycles. The van der Waals surface area contributed by atoms with Crippen LogP contribution in [0.5, 0.6) is 0 Å². The molecule has 25 heavy (non-hydrogen) atoms. The molecule has 0 aliphatic heterocycles. The van der Waals surface area contributed by atoms with Gasteiger partial charge in [-0.05, 0) is 57.6 Å². The van der Waals surface area contributed by atoms with Gasteiger partial charge in [-0.25, -0.2) is 4.98 Å². The van der Waals surface area contributed by atoms with Crippen LogP contribution in [0.4, 0.5) is 0 Å². The van der Waals surface area contributed by atoms with E-state index in [2.05, 4.69) is 21.4 Å². The highest BCUT2D eigenvalue weighted by atomic mass is 32.1. The fraction of sp³-hybridized carbons (Fsp3) is 0.450. The van der Waals surface area contributed by atoms with Gasteiger partial charge in [0.1, 0.15) is 4.88 Å². The van der Waals surface area contributed by atoms with E-state index in [9.17, 15) is 4.79 Å². The summed E-state index contributed by atoms with van der Waals surface area (Å²) >= 11 is 1.51. The Hall–Kier alpha value is -2.01. The van der Waals surface area contributed by atoms with E-state index in [0.29, 0.717) is 6.54 Å². The number of rotatable bonds is 7. The number of aromatic nitrogens is 2. The molecular formula is C20H25N3OS. The molecule has 0 bridgehead atoms. The molecule has 2 heterocycles. The van der Waals surface area contributed by atoms with Gasteiger partial charge in [0.2, 0.25) is 0 Å². The van der Waals surface area contributed by atoms with Gasteiger partial charge < -0.3 is 5.32 Å². The minimum atomic E-state index is 0.00972. The maximum absolute atomic E-state index is 12.4. The van der Waals surface area contributed by atoms with Crippen molar-refractivity contribution < 1.29 is 4.79 Å². The Morgan fingerprint density at radius 1 is 1.24 bits per heavy atom. The van der Waals surface area contributed by atoms with Crippen LogP contribution in [-0.2, 0) is 12.8 Å². The van der Waals surface area contributed by atoms with Gasteiger partial charge in [-0.2, -0.15) is 0 Å². The number of amides is 1. The molecule has 132 valence electrons. The molecule has 1 aliphatic rings. The molecular weight excluding hydrogens is 330 g/mol. The first kappa shape index (κ1) is 17.8. The Morgan fingerprint density at radius 2 is 2.16 bits per heavy atom. The van der Waals surface area contributed by atoms with Crippen LogP contribution in [0.3, 0.4) is 0 Å². The van der Waals surface area contributed by atoms with Crippen molar-refractivity contribution in [1.82, 2.24) is 15.3 Å². The molecule has 1 aliphatic carbocycles. The van der Waals surface area contributed by atoms with Gasteiger partial charge in [-0.1, -0.05) is 17.7 Å². The molecule has 0 spiro atoms. The molecule has 5 heteroatoms. The summed E-state index contributed by atoms with van der Waals surface area (Å²) in [6.45, 7) is 2.63. The number of carbonyl (C=O) groups is 1. The number of aryl methyl sites for hydroxylation is 3. The second-order valence-electron chi connectivity index (χ2n) is 6.46. The normalized spacial score (nSPS) is 14.2. The van der Waals surface area contributed by atoms with Crippen molar-refractivity contribution >= 4 is 17.2 Å². The summed E-state index contributed by atoms with van der Waals surface area (Å²) in [5, 5.41) is 4.06. The van der Waals surface area contributed by atoms with Crippen molar-refractivity contribution in [3.05, 3.63) is 57.3 Å². The highest BCUT2D eigenvalue weighted by Gasteiger charge is 2.15. The number of pyridine rings is 1. The average Bonchev–Trinajstić information content (AvgIpc) is 3.02. The number of nitrogens with one attached hydrogen (secondary N) is 1. The molecule has 0 aromatic carbocycles. The third-order valence-electron chi connectivity index (χ3n) is 4.48. The maximum atomic E-state index is 12.4. The smallest absolute Gasteiger partial charge is 0.263 e. The van der Waals surface area contributed by atoms with Gasteiger partial charge >= 0.3 is 0 Å². The first-order valence-electron chi connectivity index (χ1n) is 9.04. The van der Waals surface area contributed by atoms with Crippen LogP contribution in [0.2, 0.25) is 0 Å². The van der Waals surface area contributed by atoms with Gasteiger partial charge in [-0.15, -0.1) is 11.3 Å². The molecule has 3 rings (SSSR count). The zero-order valence-corrected chi connectivity index (χ0v) is 15.6. The van der Waals surface area contributed by atoms with Crippen molar-refractivity contribution in [2.45, 2.75) is 51.9 Å². The van der Waals surface area contributed by atoms with Crippen molar-refractivity contribution in [1.29, 1.82) is 0 Å². The first-order valence-corrected chi connectivity index (χ1v) is 9.86. The third kappa shape index (κ3) is 5.23. The van der Waals surface area contributed by atoms with E-state index in [0.717, 1.165) is 40.5 Å². The van der Waals surface area contributed by atoms with Crippen molar-refractivity contribution in [2.24, 2.45) is 0 Å². The van der Waals surface area contributed by atoms with Crippen LogP contribution in [0.15, 0.2) is 36.0 Å². The van der Waals surface area contributed by atoms with Crippen molar-refractivity contribution in [2.75, 3.05) is 6.54 Å². The SMILES string of the molecule is Cc1nc(CCc2ccccn2)sc1C(=O)NCCC1=CCCCC1. The first-order chi connectivity index (χ1) is 12.2. The van der Waals surface area contributed by atoms with E-state index in [1.165, 1.54) is 42.6 Å². The van der Waals surface area contributed by atoms with E-state index < -0.39 is 0 Å². The topological polar surface area (TPSA) is 54.9 Å². The average molecular weight is 356 g/mol. The Labute approximate surface area is 153 Å². The monoisotopic (exact) mass is 355 g/mol. The summed E-state index contributed by atoms with van der Waals surface area (Å²) in [6.07, 6.45) is 11.8. The second-order valence-corrected chi connectivity index (χ2v) is 7.54. The van der Waals surface area contributed by atoms with E-state index in [1.54, 1.807) is 0 Å². The van der Waals surface area contributed by atoms with Crippen LogP contribution >= 0.6 is 11.3 Å². The van der Waals surface area contributed by atoms with Gasteiger partial charge in [0.05, 0.1) is 10.7 Å². The predicted octanol–water partition coefficient (Wildman–Crippen LogP) is 4.25. The lowest BCUT2D eigenvalue weighted by molar-refractivity contribution is 0.0957. The third-order valence-corrected chi connectivity index (χ3v) is 5.70. The molecule has 2 aromatic rings. The van der Waals surface area contributed by atoms with Crippen LogP contribution in [0, 0.1) is 6.92 Å². The van der Waals surface area contributed by atoms with E-state index >= 15 is 0 Å². The molecule has 0 saturated carbocycles. The number of hydrogen-bond donors (Lipinski definition) is 1. The molecule has 0 fully saturated rings. The van der Waals surface area contributed by atoms with Gasteiger partial charge in [0.25, 0.3) is 5.91 Å². The van der Waals surface area contributed by atoms with Crippen LogP contribution < -0.4 is 5.32 Å². The Bertz CT molecular complexity index is 737. The lowest BCUT2D eigenvalue weighted by atomic mass is 9.97. The lowest BCUT2D eigenvalue weighted by Gasteiger charge is -2.12. The van der Waals surface area contributed by atoms with Crippen molar-refractivity contribution in [3.8, 4) is 0 Å². The summed E-state index contributed by atoms with van der Waals surface area (Å²) in [6, 6.07) is 5.94. The summed E-state index contributed by atoms with van der Waals surface area (Å²) in [7, 11) is 0. The van der Waals surface area contributed by atoms with Crippen LogP contribution in [-0.4, -0.2) is 22.4 Å². The molecule has 1 amide bonds. The molecule has 1 N–H and O–H groups in total. The highest BCUT2D eigenvalue weighted by molar-refractivity contribution is 7.13.